The van der Waals surface area contributed by atoms with E-state index in [2.05, 4.69) is 13.2 Å². The first kappa shape index (κ1) is 14.1. The lowest BCUT2D eigenvalue weighted by Gasteiger charge is -2.18. The molecule has 0 unspecified atom stereocenters. The van der Waals surface area contributed by atoms with Gasteiger partial charge in [-0.05, 0) is 21.5 Å². The summed E-state index contributed by atoms with van der Waals surface area (Å²) in [5, 5.41) is 1.96. The van der Waals surface area contributed by atoms with Gasteiger partial charge in [-0.2, -0.15) is 0 Å². The van der Waals surface area contributed by atoms with Gasteiger partial charge >= 0.3 is 6.69 Å². The second-order valence-electron chi connectivity index (χ2n) is 4.23. The van der Waals surface area contributed by atoms with Crippen molar-refractivity contribution in [3.63, 3.8) is 0 Å². The van der Waals surface area contributed by atoms with E-state index >= 15 is 0 Å². The number of hydrogen-bond acceptors (Lipinski definition) is 0. The number of hydrogen-bond donors (Lipinski definition) is 0. The zero-order valence-electron chi connectivity index (χ0n) is 10.4. The fraction of sp³-hybridized carbons (Fsp3) is 0. The van der Waals surface area contributed by atoms with E-state index in [4.69, 9.17) is 22.2 Å². The predicted molar refractivity (Wildman–Crippen MR) is 89.8 cm³/mol. The minimum absolute atomic E-state index is 0.979. The molecule has 0 aliphatic rings. The Morgan fingerprint density at radius 3 is 1.26 bits per heavy atom. The van der Waals surface area contributed by atoms with Crippen LogP contribution in [0.15, 0.2) is 61.7 Å². The molecule has 0 radical (unpaired) electrons. The molecule has 3 heteroatoms. The third-order valence-corrected chi connectivity index (χ3v) is 7.75. The first-order chi connectivity index (χ1) is 9.07. The molecule has 0 spiro atoms. The van der Waals surface area contributed by atoms with Gasteiger partial charge in [0.05, 0.1) is 0 Å². The summed E-state index contributed by atoms with van der Waals surface area (Å²) in [6.07, 6.45) is 3.60. The normalized spacial score (nSPS) is 11.1. The number of benzene rings is 2. The molecule has 0 amide bonds. The zero-order chi connectivity index (χ0) is 13.9. The van der Waals surface area contributed by atoms with Crippen molar-refractivity contribution < 1.29 is 0 Å². The van der Waals surface area contributed by atoms with Crippen LogP contribution in [0.5, 0.6) is 0 Å². The van der Waals surface area contributed by atoms with Gasteiger partial charge in [0.15, 0.2) is 0 Å². The van der Waals surface area contributed by atoms with Crippen molar-refractivity contribution in [3.8, 4) is 0 Å². The van der Waals surface area contributed by atoms with Crippen molar-refractivity contribution in [1.29, 1.82) is 0 Å². The molecule has 0 atom stereocenters. The molecule has 0 bridgehead atoms. The van der Waals surface area contributed by atoms with Crippen LogP contribution in [0, 0.1) is 0 Å². The van der Waals surface area contributed by atoms with E-state index in [1.54, 1.807) is 12.2 Å². The number of halogens is 2. The molecule has 0 fully saturated rings. The SMILES string of the molecule is C=Cc1ccc([Si](Cl)(Cl)c2ccc(C=C)cc2)cc1. The topological polar surface area (TPSA) is 0 Å². The zero-order valence-corrected chi connectivity index (χ0v) is 13.0. The predicted octanol–water partition coefficient (Wildman–Crippen LogP) is 4.01. The van der Waals surface area contributed by atoms with Crippen molar-refractivity contribution in [2.24, 2.45) is 0 Å². The molecular formula is C16H14Cl2Si. The fourth-order valence-corrected chi connectivity index (χ4v) is 4.84. The third-order valence-electron chi connectivity index (χ3n) is 3.02. The van der Waals surface area contributed by atoms with Crippen molar-refractivity contribution in [2.75, 3.05) is 0 Å². The van der Waals surface area contributed by atoms with Gasteiger partial charge in [0.25, 0.3) is 0 Å². The maximum atomic E-state index is 6.63. The Bertz CT molecular complexity index is 530. The lowest BCUT2D eigenvalue weighted by molar-refractivity contribution is 1.68. The minimum atomic E-state index is -2.65. The van der Waals surface area contributed by atoms with Crippen LogP contribution in [0.3, 0.4) is 0 Å². The quantitative estimate of drug-likeness (QED) is 0.591. The van der Waals surface area contributed by atoms with Crippen LogP contribution in [0.4, 0.5) is 0 Å². The van der Waals surface area contributed by atoms with Crippen LogP contribution >= 0.6 is 22.2 Å². The Hall–Kier alpha value is -1.28. The average molecular weight is 305 g/mol. The second kappa shape index (κ2) is 5.79. The first-order valence-electron chi connectivity index (χ1n) is 5.91. The summed E-state index contributed by atoms with van der Waals surface area (Å²) in [6, 6.07) is 15.8. The molecule has 0 saturated carbocycles. The molecule has 0 aliphatic carbocycles. The van der Waals surface area contributed by atoms with Crippen LogP contribution in [0.1, 0.15) is 11.1 Å². The molecule has 0 heterocycles. The Morgan fingerprint density at radius 1 is 0.684 bits per heavy atom. The van der Waals surface area contributed by atoms with E-state index in [-0.39, 0.29) is 0 Å². The van der Waals surface area contributed by atoms with Crippen LogP contribution in [-0.2, 0) is 0 Å². The van der Waals surface area contributed by atoms with E-state index in [1.165, 1.54) is 0 Å². The molecule has 96 valence electrons. The molecule has 2 aromatic rings. The van der Waals surface area contributed by atoms with Gasteiger partial charge in [0.1, 0.15) is 0 Å². The minimum Gasteiger partial charge on any atom is -0.134 e. The smallest absolute Gasteiger partial charge is 0.134 e. The highest BCUT2D eigenvalue weighted by molar-refractivity contribution is 7.56. The molecule has 19 heavy (non-hydrogen) atoms. The summed E-state index contributed by atoms with van der Waals surface area (Å²) >= 11 is 13.3. The molecule has 0 N–H and O–H groups in total. The Labute approximate surface area is 124 Å². The van der Waals surface area contributed by atoms with Crippen LogP contribution < -0.4 is 10.4 Å². The third kappa shape index (κ3) is 3.00. The van der Waals surface area contributed by atoms with Crippen molar-refractivity contribution in [3.05, 3.63) is 72.8 Å². The summed E-state index contributed by atoms with van der Waals surface area (Å²) in [5.74, 6) is 0. The van der Waals surface area contributed by atoms with Gasteiger partial charge in [-0.3, -0.25) is 0 Å². The van der Waals surface area contributed by atoms with Crippen LogP contribution in [-0.4, -0.2) is 6.69 Å². The average Bonchev–Trinajstić information content (AvgIpc) is 2.47. The molecular weight excluding hydrogens is 291 g/mol. The molecule has 0 saturated heterocycles. The highest BCUT2D eigenvalue weighted by Crippen LogP contribution is 2.16. The van der Waals surface area contributed by atoms with Gasteiger partial charge in [-0.1, -0.05) is 73.8 Å². The summed E-state index contributed by atoms with van der Waals surface area (Å²) in [7, 11) is 0. The summed E-state index contributed by atoms with van der Waals surface area (Å²) in [4.78, 5) is 0. The molecule has 0 aliphatic heterocycles. The fourth-order valence-electron chi connectivity index (χ4n) is 1.82. The standard InChI is InChI=1S/C16H14Cl2Si/c1-3-13-5-9-15(10-6-13)19(17,18)16-11-7-14(4-2)8-12-16/h3-12H,1-2H2. The summed E-state index contributed by atoms with van der Waals surface area (Å²) in [5.41, 5.74) is 2.12. The van der Waals surface area contributed by atoms with E-state index in [0.717, 1.165) is 21.5 Å². The van der Waals surface area contributed by atoms with E-state index in [1.807, 2.05) is 48.5 Å². The summed E-state index contributed by atoms with van der Waals surface area (Å²) < 4.78 is 0. The highest BCUT2D eigenvalue weighted by Gasteiger charge is 2.33. The van der Waals surface area contributed by atoms with Crippen LogP contribution in [0.2, 0.25) is 0 Å². The lowest BCUT2D eigenvalue weighted by Crippen LogP contribution is -2.48. The van der Waals surface area contributed by atoms with E-state index in [9.17, 15) is 0 Å². The van der Waals surface area contributed by atoms with Gasteiger partial charge in [0, 0.05) is 0 Å². The largest absolute Gasteiger partial charge is 0.310 e. The van der Waals surface area contributed by atoms with E-state index in [0.29, 0.717) is 0 Å². The van der Waals surface area contributed by atoms with Crippen molar-refractivity contribution >= 4 is 51.4 Å². The Morgan fingerprint density at radius 2 is 1.00 bits per heavy atom. The highest BCUT2D eigenvalue weighted by atomic mass is 35.7. The van der Waals surface area contributed by atoms with Gasteiger partial charge < -0.3 is 0 Å². The molecule has 0 nitrogen and oxygen atoms in total. The van der Waals surface area contributed by atoms with Gasteiger partial charge in [-0.25, -0.2) is 0 Å². The maximum Gasteiger partial charge on any atom is 0.310 e. The van der Waals surface area contributed by atoms with Crippen LogP contribution in [0.25, 0.3) is 12.2 Å². The van der Waals surface area contributed by atoms with Gasteiger partial charge in [-0.15, -0.1) is 22.2 Å². The van der Waals surface area contributed by atoms with Crippen molar-refractivity contribution in [2.45, 2.75) is 0 Å². The van der Waals surface area contributed by atoms with E-state index < -0.39 is 6.69 Å². The van der Waals surface area contributed by atoms with Gasteiger partial charge in [0.2, 0.25) is 0 Å². The Kier molecular flexibility index (Phi) is 4.30. The number of rotatable bonds is 4. The molecule has 0 aromatic heterocycles. The lowest BCUT2D eigenvalue weighted by atomic mass is 10.2. The monoisotopic (exact) mass is 304 g/mol. The molecule has 2 rings (SSSR count). The van der Waals surface area contributed by atoms with Crippen molar-refractivity contribution in [1.82, 2.24) is 0 Å². The molecule has 2 aromatic carbocycles. The summed E-state index contributed by atoms with van der Waals surface area (Å²) in [6.45, 7) is 4.82. The Balaban J connectivity index is 2.38. The maximum absolute atomic E-state index is 6.63. The first-order valence-corrected chi connectivity index (χ1v) is 9.94. The second-order valence-corrected chi connectivity index (χ2v) is 10.5.